The number of carbonyl (C=O) groups excluding carboxylic acids is 1. The fourth-order valence-electron chi connectivity index (χ4n) is 1.63. The van der Waals surface area contributed by atoms with Crippen LogP contribution in [0.4, 0.5) is 0 Å². The van der Waals surface area contributed by atoms with Crippen LogP contribution >= 0.6 is 0 Å². The van der Waals surface area contributed by atoms with Gasteiger partial charge < -0.3 is 10.6 Å². The first-order valence-corrected chi connectivity index (χ1v) is 5.85. The average molecular weight is 245 g/mol. The Balaban J connectivity index is 2.73. The molecular weight excluding hydrogens is 226 g/mol. The Hall–Kier alpha value is -1.86. The van der Waals surface area contributed by atoms with Crippen LogP contribution in [0.2, 0.25) is 0 Å². The topological polar surface area (TPSA) is 70.1 Å². The van der Waals surface area contributed by atoms with E-state index >= 15 is 0 Å². The summed E-state index contributed by atoms with van der Waals surface area (Å²) >= 11 is 0. The van der Waals surface area contributed by atoms with E-state index in [0.717, 1.165) is 5.56 Å². The molecule has 0 unspecified atom stereocenters. The summed E-state index contributed by atoms with van der Waals surface area (Å²) in [6, 6.07) is 9.29. The van der Waals surface area contributed by atoms with Crippen molar-refractivity contribution in [2.45, 2.75) is 20.4 Å². The van der Waals surface area contributed by atoms with E-state index in [0.29, 0.717) is 18.7 Å². The standard InChI is InChI=1S/C14H19N3O/c1-14(2,10-16)13(18)17(3)9-12-6-4-11(8-15)5-7-12/h4-7H,9-10,16H2,1-3H3. The second-order valence-electron chi connectivity index (χ2n) is 5.06. The molecule has 1 amide bonds. The van der Waals surface area contributed by atoms with Gasteiger partial charge in [-0.25, -0.2) is 0 Å². The van der Waals surface area contributed by atoms with Crippen molar-refractivity contribution >= 4 is 5.91 Å². The number of nitriles is 1. The Morgan fingerprint density at radius 1 is 1.39 bits per heavy atom. The molecule has 0 radical (unpaired) electrons. The fourth-order valence-corrected chi connectivity index (χ4v) is 1.63. The fraction of sp³-hybridized carbons (Fsp3) is 0.429. The third-order valence-corrected chi connectivity index (χ3v) is 2.94. The van der Waals surface area contributed by atoms with Crippen molar-refractivity contribution in [2.24, 2.45) is 11.1 Å². The lowest BCUT2D eigenvalue weighted by Crippen LogP contribution is -2.42. The third kappa shape index (κ3) is 3.31. The SMILES string of the molecule is CN(Cc1ccc(C#N)cc1)C(=O)C(C)(C)CN. The largest absolute Gasteiger partial charge is 0.341 e. The maximum Gasteiger partial charge on any atom is 0.229 e. The van der Waals surface area contributed by atoms with E-state index < -0.39 is 5.41 Å². The van der Waals surface area contributed by atoms with Gasteiger partial charge in [0.1, 0.15) is 0 Å². The monoisotopic (exact) mass is 245 g/mol. The van der Waals surface area contributed by atoms with Crippen LogP contribution in [0.3, 0.4) is 0 Å². The van der Waals surface area contributed by atoms with E-state index in [1.54, 1.807) is 24.1 Å². The number of hydrogen-bond donors (Lipinski definition) is 1. The van der Waals surface area contributed by atoms with Crippen LogP contribution in [0.15, 0.2) is 24.3 Å². The van der Waals surface area contributed by atoms with Crippen molar-refractivity contribution in [3.05, 3.63) is 35.4 Å². The first kappa shape index (κ1) is 14.2. The van der Waals surface area contributed by atoms with Gasteiger partial charge in [-0.15, -0.1) is 0 Å². The summed E-state index contributed by atoms with van der Waals surface area (Å²) in [5.74, 6) is 0.0226. The minimum Gasteiger partial charge on any atom is -0.341 e. The average Bonchev–Trinajstić information content (AvgIpc) is 2.38. The number of nitrogens with zero attached hydrogens (tertiary/aromatic N) is 2. The molecule has 0 saturated heterocycles. The van der Waals surface area contributed by atoms with E-state index in [2.05, 4.69) is 6.07 Å². The third-order valence-electron chi connectivity index (χ3n) is 2.94. The predicted molar refractivity (Wildman–Crippen MR) is 70.5 cm³/mol. The van der Waals surface area contributed by atoms with E-state index in [1.165, 1.54) is 0 Å². The van der Waals surface area contributed by atoms with Crippen LogP contribution in [0, 0.1) is 16.7 Å². The number of benzene rings is 1. The smallest absolute Gasteiger partial charge is 0.229 e. The normalized spacial score (nSPS) is 10.8. The van der Waals surface area contributed by atoms with Crippen molar-refractivity contribution in [3.63, 3.8) is 0 Å². The quantitative estimate of drug-likeness (QED) is 0.874. The van der Waals surface area contributed by atoms with Crippen LogP contribution in [-0.4, -0.2) is 24.4 Å². The Morgan fingerprint density at radius 2 is 1.94 bits per heavy atom. The highest BCUT2D eigenvalue weighted by molar-refractivity contribution is 5.81. The van der Waals surface area contributed by atoms with Gasteiger partial charge in [-0.05, 0) is 31.5 Å². The maximum absolute atomic E-state index is 12.1. The molecule has 0 atom stereocenters. The van der Waals surface area contributed by atoms with E-state index in [4.69, 9.17) is 11.0 Å². The lowest BCUT2D eigenvalue weighted by molar-refractivity contribution is -0.139. The Kier molecular flexibility index (Phi) is 4.46. The molecule has 4 nitrogen and oxygen atoms in total. The van der Waals surface area contributed by atoms with Gasteiger partial charge >= 0.3 is 0 Å². The summed E-state index contributed by atoms with van der Waals surface area (Å²) in [5.41, 5.74) is 6.67. The second-order valence-corrected chi connectivity index (χ2v) is 5.06. The molecule has 0 heterocycles. The summed E-state index contributed by atoms with van der Waals surface area (Å²) in [6.07, 6.45) is 0. The molecule has 1 aromatic carbocycles. The van der Waals surface area contributed by atoms with Gasteiger partial charge in [0.25, 0.3) is 0 Å². The molecule has 2 N–H and O–H groups in total. The number of hydrogen-bond acceptors (Lipinski definition) is 3. The molecule has 0 aliphatic carbocycles. The summed E-state index contributed by atoms with van der Waals surface area (Å²) in [7, 11) is 1.76. The van der Waals surface area contributed by atoms with Crippen molar-refractivity contribution in [3.8, 4) is 6.07 Å². The molecule has 0 spiro atoms. The predicted octanol–water partition coefficient (Wildman–Crippen LogP) is 1.50. The summed E-state index contributed by atoms with van der Waals surface area (Å²) in [4.78, 5) is 13.8. The van der Waals surface area contributed by atoms with Gasteiger partial charge in [0.2, 0.25) is 5.91 Å². The zero-order chi connectivity index (χ0) is 13.8. The number of nitrogens with two attached hydrogens (primary N) is 1. The van der Waals surface area contributed by atoms with Gasteiger partial charge in [0.15, 0.2) is 0 Å². The van der Waals surface area contributed by atoms with Crippen LogP contribution < -0.4 is 5.73 Å². The van der Waals surface area contributed by atoms with Crippen LogP contribution in [0.25, 0.3) is 0 Å². The molecule has 0 fully saturated rings. The molecule has 0 bridgehead atoms. The molecule has 4 heteroatoms. The molecule has 18 heavy (non-hydrogen) atoms. The lowest BCUT2D eigenvalue weighted by atomic mass is 9.92. The second kappa shape index (κ2) is 5.65. The number of amides is 1. The molecule has 0 aliphatic heterocycles. The van der Waals surface area contributed by atoms with Crippen LogP contribution in [0.5, 0.6) is 0 Å². The highest BCUT2D eigenvalue weighted by Crippen LogP contribution is 2.17. The van der Waals surface area contributed by atoms with E-state index in [1.807, 2.05) is 26.0 Å². The molecule has 96 valence electrons. The van der Waals surface area contributed by atoms with Gasteiger partial charge in [-0.1, -0.05) is 12.1 Å². The van der Waals surface area contributed by atoms with Gasteiger partial charge in [-0.3, -0.25) is 4.79 Å². The molecule has 0 aromatic heterocycles. The zero-order valence-corrected chi connectivity index (χ0v) is 11.1. The van der Waals surface area contributed by atoms with Crippen molar-refractivity contribution in [1.82, 2.24) is 4.90 Å². The Bertz CT molecular complexity index is 457. The Morgan fingerprint density at radius 3 is 2.39 bits per heavy atom. The molecule has 1 rings (SSSR count). The van der Waals surface area contributed by atoms with Crippen molar-refractivity contribution in [1.29, 1.82) is 5.26 Å². The van der Waals surface area contributed by atoms with Crippen molar-refractivity contribution < 1.29 is 4.79 Å². The van der Waals surface area contributed by atoms with E-state index in [-0.39, 0.29) is 5.91 Å². The Labute approximate surface area is 108 Å². The van der Waals surface area contributed by atoms with Crippen LogP contribution in [-0.2, 0) is 11.3 Å². The van der Waals surface area contributed by atoms with Crippen LogP contribution in [0.1, 0.15) is 25.0 Å². The first-order chi connectivity index (χ1) is 8.40. The van der Waals surface area contributed by atoms with E-state index in [9.17, 15) is 4.79 Å². The molecule has 1 aromatic rings. The van der Waals surface area contributed by atoms with Gasteiger partial charge in [-0.2, -0.15) is 5.26 Å². The number of carbonyl (C=O) groups is 1. The maximum atomic E-state index is 12.1. The minimum atomic E-state index is -0.540. The first-order valence-electron chi connectivity index (χ1n) is 5.85. The summed E-state index contributed by atoms with van der Waals surface area (Å²) < 4.78 is 0. The highest BCUT2D eigenvalue weighted by atomic mass is 16.2. The minimum absolute atomic E-state index is 0.0226. The molecular formula is C14H19N3O. The van der Waals surface area contributed by atoms with Gasteiger partial charge in [0, 0.05) is 20.1 Å². The molecule has 0 aliphatic rings. The number of rotatable bonds is 4. The summed E-state index contributed by atoms with van der Waals surface area (Å²) in [6.45, 7) is 4.52. The van der Waals surface area contributed by atoms with Crippen molar-refractivity contribution in [2.75, 3.05) is 13.6 Å². The molecule has 0 saturated carbocycles. The lowest BCUT2D eigenvalue weighted by Gasteiger charge is -2.28. The van der Waals surface area contributed by atoms with Gasteiger partial charge in [0.05, 0.1) is 17.0 Å². The zero-order valence-electron chi connectivity index (χ0n) is 11.1. The highest BCUT2D eigenvalue weighted by Gasteiger charge is 2.28. The summed E-state index contributed by atoms with van der Waals surface area (Å²) in [5, 5.41) is 8.71.